The van der Waals surface area contributed by atoms with Crippen LogP contribution in [0.2, 0.25) is 0 Å². The highest BCUT2D eigenvalue weighted by atomic mass is 35.5. The number of aromatic nitrogens is 6. The van der Waals surface area contributed by atoms with Gasteiger partial charge in [-0.2, -0.15) is 0 Å². The average Bonchev–Trinajstić information content (AvgIpc) is 3.59. The number of hydrogen-bond acceptors (Lipinski definition) is 5. The van der Waals surface area contributed by atoms with Crippen molar-refractivity contribution in [2.45, 2.75) is 82.8 Å². The Morgan fingerprint density at radius 1 is 0.865 bits per heavy atom. The van der Waals surface area contributed by atoms with Crippen molar-refractivity contribution in [3.8, 4) is 22.8 Å². The molecule has 2 aliphatic rings. The fourth-order valence-electron chi connectivity index (χ4n) is 6.16. The molecule has 2 saturated carbocycles. The summed E-state index contributed by atoms with van der Waals surface area (Å²) in [5.41, 5.74) is 3.78. The number of fused-ring (bicyclic) bond motifs is 1. The first-order valence-corrected chi connectivity index (χ1v) is 13.4. The van der Waals surface area contributed by atoms with Crippen LogP contribution in [-0.4, -0.2) is 53.1 Å². The fourth-order valence-corrected chi connectivity index (χ4v) is 6.16. The molecule has 0 spiro atoms. The standard InChI is InChI=1S/C28H33N7O.ClH/c36-26(35(22-9-3-1-4-10-22)23-11-5-2-6-12-23)19-34-25-14-8-7-13-24(25)29-28(34)21-17-15-20(16-18-21)27-30-32-33-31-27;/h7-8,13-18,22-23H,1-6,9-12,19H2,(H,30,31,32,33);1H. The molecule has 2 aliphatic carbocycles. The van der Waals surface area contributed by atoms with Gasteiger partial charge in [0.2, 0.25) is 5.91 Å². The Morgan fingerprint density at radius 2 is 1.49 bits per heavy atom. The zero-order valence-electron chi connectivity index (χ0n) is 21.1. The van der Waals surface area contributed by atoms with E-state index in [1.54, 1.807) is 0 Å². The Labute approximate surface area is 223 Å². The Hall–Kier alpha value is -3.26. The molecule has 1 N–H and O–H groups in total. The summed E-state index contributed by atoms with van der Waals surface area (Å²) in [6, 6.07) is 16.9. The van der Waals surface area contributed by atoms with Crippen molar-refractivity contribution in [2.24, 2.45) is 0 Å². The number of para-hydroxylation sites is 2. The summed E-state index contributed by atoms with van der Waals surface area (Å²) in [6.07, 6.45) is 12.0. The minimum atomic E-state index is 0. The SMILES string of the molecule is Cl.O=C(Cn1c(-c2ccc(-c3nnn[nH]3)cc2)nc2ccccc21)N(C1CCCCC1)C1CCCCC1. The number of aromatic amines is 1. The zero-order valence-corrected chi connectivity index (χ0v) is 21.9. The van der Waals surface area contributed by atoms with Gasteiger partial charge in [0.05, 0.1) is 11.0 Å². The zero-order chi connectivity index (χ0) is 24.3. The Bertz CT molecular complexity index is 1290. The second-order valence-electron chi connectivity index (χ2n) is 10.2. The van der Waals surface area contributed by atoms with E-state index < -0.39 is 0 Å². The van der Waals surface area contributed by atoms with Crippen LogP contribution in [0.5, 0.6) is 0 Å². The summed E-state index contributed by atoms with van der Waals surface area (Å²) < 4.78 is 2.11. The maximum Gasteiger partial charge on any atom is 0.243 e. The van der Waals surface area contributed by atoms with Gasteiger partial charge in [-0.05, 0) is 48.2 Å². The molecule has 37 heavy (non-hydrogen) atoms. The lowest BCUT2D eigenvalue weighted by Gasteiger charge is -2.42. The van der Waals surface area contributed by atoms with Gasteiger partial charge in [-0.1, -0.05) is 74.9 Å². The molecule has 4 aromatic rings. The largest absolute Gasteiger partial charge is 0.335 e. The topological polar surface area (TPSA) is 92.6 Å². The monoisotopic (exact) mass is 519 g/mol. The summed E-state index contributed by atoms with van der Waals surface area (Å²) in [6.45, 7) is 0.316. The number of amides is 1. The number of benzene rings is 2. The second-order valence-corrected chi connectivity index (χ2v) is 10.2. The van der Waals surface area contributed by atoms with Crippen molar-refractivity contribution in [1.82, 2.24) is 35.1 Å². The first kappa shape index (κ1) is 25.4. The van der Waals surface area contributed by atoms with Crippen LogP contribution in [0, 0.1) is 0 Å². The lowest BCUT2D eigenvalue weighted by atomic mass is 9.88. The average molecular weight is 520 g/mol. The Kier molecular flexibility index (Phi) is 7.84. The molecular formula is C28H34ClN7O. The van der Waals surface area contributed by atoms with Crippen LogP contribution >= 0.6 is 12.4 Å². The highest BCUT2D eigenvalue weighted by molar-refractivity contribution is 5.86. The Morgan fingerprint density at radius 3 is 2.11 bits per heavy atom. The second kappa shape index (κ2) is 11.4. The van der Waals surface area contributed by atoms with Crippen LogP contribution in [-0.2, 0) is 11.3 Å². The molecule has 0 bridgehead atoms. The Balaban J connectivity index is 0.00000280. The van der Waals surface area contributed by atoms with E-state index >= 15 is 0 Å². The quantitative estimate of drug-likeness (QED) is 0.347. The number of tetrazole rings is 1. The predicted octanol–water partition coefficient (Wildman–Crippen LogP) is 5.80. The van der Waals surface area contributed by atoms with E-state index in [-0.39, 0.29) is 18.3 Å². The molecule has 0 radical (unpaired) electrons. The third-order valence-corrected chi connectivity index (χ3v) is 7.93. The van der Waals surface area contributed by atoms with Gasteiger partial charge < -0.3 is 9.47 Å². The summed E-state index contributed by atoms with van der Waals surface area (Å²) in [4.78, 5) is 21.4. The number of H-pyrrole nitrogens is 1. The predicted molar refractivity (Wildman–Crippen MR) is 146 cm³/mol. The maximum absolute atomic E-state index is 14.1. The summed E-state index contributed by atoms with van der Waals surface area (Å²) in [5.74, 6) is 1.68. The lowest BCUT2D eigenvalue weighted by Crippen LogP contribution is -2.50. The number of hydrogen-bond donors (Lipinski definition) is 1. The van der Waals surface area contributed by atoms with E-state index in [0.717, 1.165) is 53.7 Å². The molecule has 194 valence electrons. The summed E-state index contributed by atoms with van der Waals surface area (Å²) in [5, 5.41) is 14.1. The molecule has 2 aromatic carbocycles. The van der Waals surface area contributed by atoms with Gasteiger partial charge in [-0.25, -0.2) is 10.1 Å². The molecule has 0 saturated heterocycles. The smallest absolute Gasteiger partial charge is 0.243 e. The molecule has 1 amide bonds. The number of nitrogens with zero attached hydrogens (tertiary/aromatic N) is 6. The van der Waals surface area contributed by atoms with E-state index in [1.807, 2.05) is 42.5 Å². The minimum Gasteiger partial charge on any atom is -0.335 e. The molecule has 0 atom stereocenters. The minimum absolute atomic E-state index is 0. The van der Waals surface area contributed by atoms with Crippen molar-refractivity contribution >= 4 is 29.3 Å². The third kappa shape index (κ3) is 5.25. The van der Waals surface area contributed by atoms with Crippen LogP contribution in [0.15, 0.2) is 48.5 Å². The van der Waals surface area contributed by atoms with Gasteiger partial charge in [0.25, 0.3) is 0 Å². The number of carbonyl (C=O) groups excluding carboxylic acids is 1. The van der Waals surface area contributed by atoms with Crippen LogP contribution in [0.4, 0.5) is 0 Å². The number of carbonyl (C=O) groups is 1. The molecule has 6 rings (SSSR count). The van der Waals surface area contributed by atoms with Gasteiger partial charge in [-0.15, -0.1) is 17.5 Å². The van der Waals surface area contributed by atoms with Crippen LogP contribution in [0.1, 0.15) is 64.2 Å². The molecule has 2 heterocycles. The third-order valence-electron chi connectivity index (χ3n) is 7.93. The van der Waals surface area contributed by atoms with E-state index in [2.05, 4.69) is 36.2 Å². The van der Waals surface area contributed by atoms with E-state index in [4.69, 9.17) is 4.98 Å². The normalized spacial score (nSPS) is 17.0. The summed E-state index contributed by atoms with van der Waals surface area (Å²) >= 11 is 0. The molecule has 0 aliphatic heterocycles. The highest BCUT2D eigenvalue weighted by Gasteiger charge is 2.33. The van der Waals surface area contributed by atoms with Gasteiger partial charge in [-0.3, -0.25) is 4.79 Å². The van der Waals surface area contributed by atoms with Crippen molar-refractivity contribution in [1.29, 1.82) is 0 Å². The van der Waals surface area contributed by atoms with Crippen molar-refractivity contribution < 1.29 is 4.79 Å². The molecular weight excluding hydrogens is 486 g/mol. The van der Waals surface area contributed by atoms with E-state index in [1.165, 1.54) is 38.5 Å². The summed E-state index contributed by atoms with van der Waals surface area (Å²) in [7, 11) is 0. The fraction of sp³-hybridized carbons (Fsp3) is 0.464. The number of nitrogens with one attached hydrogen (secondary N) is 1. The highest BCUT2D eigenvalue weighted by Crippen LogP contribution is 2.32. The van der Waals surface area contributed by atoms with E-state index in [0.29, 0.717) is 24.5 Å². The molecule has 2 fully saturated rings. The lowest BCUT2D eigenvalue weighted by molar-refractivity contribution is -0.138. The van der Waals surface area contributed by atoms with Crippen molar-refractivity contribution in [3.63, 3.8) is 0 Å². The number of rotatable bonds is 6. The first-order chi connectivity index (χ1) is 17.8. The van der Waals surface area contributed by atoms with Gasteiger partial charge in [0.1, 0.15) is 12.4 Å². The van der Waals surface area contributed by atoms with Gasteiger partial charge >= 0.3 is 0 Å². The van der Waals surface area contributed by atoms with Gasteiger partial charge in [0.15, 0.2) is 5.82 Å². The molecule has 9 heteroatoms. The van der Waals surface area contributed by atoms with Crippen molar-refractivity contribution in [3.05, 3.63) is 48.5 Å². The van der Waals surface area contributed by atoms with Crippen LogP contribution < -0.4 is 0 Å². The molecule has 0 unspecified atom stereocenters. The van der Waals surface area contributed by atoms with E-state index in [9.17, 15) is 4.79 Å². The van der Waals surface area contributed by atoms with Crippen molar-refractivity contribution in [2.75, 3.05) is 0 Å². The maximum atomic E-state index is 14.1. The molecule has 8 nitrogen and oxygen atoms in total. The molecule has 2 aromatic heterocycles. The number of imidazole rings is 1. The van der Waals surface area contributed by atoms with Crippen LogP contribution in [0.25, 0.3) is 33.8 Å². The van der Waals surface area contributed by atoms with Gasteiger partial charge in [0, 0.05) is 23.2 Å². The number of halogens is 1. The van der Waals surface area contributed by atoms with Crippen LogP contribution in [0.3, 0.4) is 0 Å². The first-order valence-electron chi connectivity index (χ1n) is 13.4.